The van der Waals surface area contributed by atoms with Gasteiger partial charge in [0.25, 0.3) is 0 Å². The van der Waals surface area contributed by atoms with Crippen molar-refractivity contribution in [3.8, 4) is 6.07 Å². The summed E-state index contributed by atoms with van der Waals surface area (Å²) in [5.41, 5.74) is 2.34. The first kappa shape index (κ1) is 16.0. The van der Waals surface area contributed by atoms with E-state index in [0.717, 1.165) is 49.3 Å². The molecule has 0 N–H and O–H groups in total. The van der Waals surface area contributed by atoms with Gasteiger partial charge in [0.15, 0.2) is 5.69 Å². The number of pyridine rings is 1. The van der Waals surface area contributed by atoms with Crippen molar-refractivity contribution < 1.29 is 0 Å². The number of nitrogens with zero attached hydrogens (tertiary/aromatic N) is 7. The summed E-state index contributed by atoms with van der Waals surface area (Å²) in [6, 6.07) is 7.97. The normalized spacial score (nSPS) is 14.4. The van der Waals surface area contributed by atoms with Crippen molar-refractivity contribution in [2.24, 2.45) is 0 Å². The second-order valence-corrected chi connectivity index (χ2v) is 6.02. The van der Waals surface area contributed by atoms with Crippen LogP contribution in [0.4, 0.5) is 17.5 Å². The van der Waals surface area contributed by atoms with Gasteiger partial charge in [0, 0.05) is 58.2 Å². The van der Waals surface area contributed by atoms with Gasteiger partial charge < -0.3 is 14.7 Å². The topological polar surface area (TPSA) is 72.2 Å². The Morgan fingerprint density at radius 2 is 1.83 bits per heavy atom. The third-order valence-corrected chi connectivity index (χ3v) is 4.08. The molecule has 1 fully saturated rings. The molecule has 1 aliphatic heterocycles. The molecule has 0 bridgehead atoms. The first-order valence-electron chi connectivity index (χ1n) is 7.96. The summed E-state index contributed by atoms with van der Waals surface area (Å²) < 4.78 is 0. The highest BCUT2D eigenvalue weighted by atomic mass is 15.3. The second kappa shape index (κ2) is 6.71. The third kappa shape index (κ3) is 3.23. The van der Waals surface area contributed by atoms with Crippen LogP contribution in [0.5, 0.6) is 0 Å². The zero-order valence-electron chi connectivity index (χ0n) is 14.3. The molecule has 3 rings (SSSR count). The molecule has 0 amide bonds. The molecule has 7 heteroatoms. The molecule has 0 radical (unpaired) electrons. The van der Waals surface area contributed by atoms with Crippen molar-refractivity contribution in [2.45, 2.75) is 6.92 Å². The van der Waals surface area contributed by atoms with Crippen LogP contribution in [0, 0.1) is 18.3 Å². The number of hydrogen-bond donors (Lipinski definition) is 0. The molecule has 0 atom stereocenters. The quantitative estimate of drug-likeness (QED) is 0.846. The van der Waals surface area contributed by atoms with Crippen LogP contribution in [0.2, 0.25) is 0 Å². The van der Waals surface area contributed by atoms with Gasteiger partial charge in [-0.2, -0.15) is 10.2 Å². The molecule has 0 saturated carbocycles. The number of aryl methyl sites for hydroxylation is 1. The predicted octanol–water partition coefficient (Wildman–Crippen LogP) is 1.44. The van der Waals surface area contributed by atoms with Crippen molar-refractivity contribution in [3.63, 3.8) is 0 Å². The highest BCUT2D eigenvalue weighted by Gasteiger charge is 2.22. The van der Waals surface area contributed by atoms with Gasteiger partial charge in [-0.25, -0.2) is 9.97 Å². The van der Waals surface area contributed by atoms with Crippen LogP contribution < -0.4 is 14.7 Å². The molecule has 3 heterocycles. The maximum Gasteiger partial charge on any atom is 0.227 e. The summed E-state index contributed by atoms with van der Waals surface area (Å²) in [6.45, 7) is 5.25. The van der Waals surface area contributed by atoms with Crippen molar-refractivity contribution in [2.75, 3.05) is 55.0 Å². The average molecular weight is 323 g/mol. The lowest BCUT2D eigenvalue weighted by molar-refractivity contribution is 0.637. The molecular formula is C17H21N7. The fourth-order valence-electron chi connectivity index (χ4n) is 2.79. The molecule has 2 aromatic heterocycles. The van der Waals surface area contributed by atoms with E-state index in [-0.39, 0.29) is 0 Å². The number of anilines is 3. The monoisotopic (exact) mass is 323 g/mol. The molecule has 1 saturated heterocycles. The molecule has 0 spiro atoms. The number of nitriles is 1. The lowest BCUT2D eigenvalue weighted by atomic mass is 10.2. The standard InChI is InChI=1S/C17H21N7/c1-13-11-16(22(2)3)21-17(20-13)24-9-7-23(8-10-24)15-5-4-6-19-14(15)12-18/h4-6,11H,7-10H2,1-3H3. The summed E-state index contributed by atoms with van der Waals surface area (Å²) >= 11 is 0. The summed E-state index contributed by atoms with van der Waals surface area (Å²) in [4.78, 5) is 19.7. The predicted molar refractivity (Wildman–Crippen MR) is 94.5 cm³/mol. The Morgan fingerprint density at radius 1 is 1.12 bits per heavy atom. The first-order chi connectivity index (χ1) is 11.6. The SMILES string of the molecule is Cc1cc(N(C)C)nc(N2CCN(c3cccnc3C#N)CC2)n1. The van der Waals surface area contributed by atoms with Crippen molar-refractivity contribution >= 4 is 17.5 Å². The zero-order valence-corrected chi connectivity index (χ0v) is 14.3. The van der Waals surface area contributed by atoms with Crippen LogP contribution >= 0.6 is 0 Å². The highest BCUT2D eigenvalue weighted by Crippen LogP contribution is 2.22. The van der Waals surface area contributed by atoms with Gasteiger partial charge >= 0.3 is 0 Å². The Labute approximate surface area is 142 Å². The van der Waals surface area contributed by atoms with E-state index in [4.69, 9.17) is 0 Å². The Hall–Kier alpha value is -2.88. The average Bonchev–Trinajstić information content (AvgIpc) is 2.61. The Balaban J connectivity index is 1.75. The van der Waals surface area contributed by atoms with Gasteiger partial charge in [-0.3, -0.25) is 0 Å². The number of hydrogen-bond acceptors (Lipinski definition) is 7. The van der Waals surface area contributed by atoms with Gasteiger partial charge in [0.2, 0.25) is 5.95 Å². The lowest BCUT2D eigenvalue weighted by Crippen LogP contribution is -2.47. The van der Waals surface area contributed by atoms with E-state index in [1.807, 2.05) is 44.1 Å². The molecule has 124 valence electrons. The molecule has 24 heavy (non-hydrogen) atoms. The van der Waals surface area contributed by atoms with Crippen LogP contribution in [0.1, 0.15) is 11.4 Å². The molecule has 1 aliphatic rings. The molecule has 2 aromatic rings. The third-order valence-electron chi connectivity index (χ3n) is 4.08. The highest BCUT2D eigenvalue weighted by molar-refractivity contribution is 5.57. The molecule has 7 nitrogen and oxygen atoms in total. The van der Waals surface area contributed by atoms with Crippen LogP contribution in [-0.4, -0.2) is 55.2 Å². The van der Waals surface area contributed by atoms with Crippen molar-refractivity contribution in [1.29, 1.82) is 5.26 Å². The van der Waals surface area contributed by atoms with Crippen LogP contribution in [-0.2, 0) is 0 Å². The van der Waals surface area contributed by atoms with Gasteiger partial charge in [0.1, 0.15) is 11.9 Å². The minimum Gasteiger partial charge on any atom is -0.366 e. The Morgan fingerprint density at radius 3 is 2.50 bits per heavy atom. The van der Waals surface area contributed by atoms with E-state index < -0.39 is 0 Å². The van der Waals surface area contributed by atoms with Gasteiger partial charge in [-0.15, -0.1) is 0 Å². The maximum absolute atomic E-state index is 9.22. The largest absolute Gasteiger partial charge is 0.366 e. The van der Waals surface area contributed by atoms with Gasteiger partial charge in [-0.05, 0) is 19.1 Å². The summed E-state index contributed by atoms with van der Waals surface area (Å²) in [7, 11) is 3.96. The van der Waals surface area contributed by atoms with Crippen LogP contribution in [0.3, 0.4) is 0 Å². The van der Waals surface area contributed by atoms with Gasteiger partial charge in [-0.1, -0.05) is 0 Å². The fourth-order valence-corrected chi connectivity index (χ4v) is 2.79. The summed E-state index contributed by atoms with van der Waals surface area (Å²) in [6.07, 6.45) is 1.65. The van der Waals surface area contributed by atoms with Crippen LogP contribution in [0.25, 0.3) is 0 Å². The molecule has 0 aromatic carbocycles. The molecule has 0 unspecified atom stereocenters. The fraction of sp³-hybridized carbons (Fsp3) is 0.412. The van der Waals surface area contributed by atoms with E-state index in [9.17, 15) is 5.26 Å². The van der Waals surface area contributed by atoms with E-state index in [1.165, 1.54) is 0 Å². The van der Waals surface area contributed by atoms with Crippen LogP contribution in [0.15, 0.2) is 24.4 Å². The van der Waals surface area contributed by atoms with E-state index in [1.54, 1.807) is 6.20 Å². The zero-order chi connectivity index (χ0) is 17.1. The van der Waals surface area contributed by atoms with Gasteiger partial charge in [0.05, 0.1) is 5.69 Å². The number of aromatic nitrogens is 3. The molecule has 0 aliphatic carbocycles. The second-order valence-electron chi connectivity index (χ2n) is 6.02. The minimum atomic E-state index is 0.479. The van der Waals surface area contributed by atoms with E-state index in [0.29, 0.717) is 5.69 Å². The smallest absolute Gasteiger partial charge is 0.227 e. The maximum atomic E-state index is 9.22. The lowest BCUT2D eigenvalue weighted by Gasteiger charge is -2.36. The Bertz CT molecular complexity index is 758. The van der Waals surface area contributed by atoms with Crippen molar-refractivity contribution in [1.82, 2.24) is 15.0 Å². The number of rotatable bonds is 3. The summed E-state index contributed by atoms with van der Waals surface area (Å²) in [5, 5.41) is 9.22. The summed E-state index contributed by atoms with van der Waals surface area (Å²) in [5.74, 6) is 1.68. The van der Waals surface area contributed by atoms with Crippen molar-refractivity contribution in [3.05, 3.63) is 35.8 Å². The Kier molecular flexibility index (Phi) is 4.47. The van der Waals surface area contributed by atoms with E-state index in [2.05, 4.69) is 30.8 Å². The number of piperazine rings is 1. The molecular weight excluding hydrogens is 302 g/mol. The van der Waals surface area contributed by atoms with E-state index >= 15 is 0 Å². The minimum absolute atomic E-state index is 0.479. The first-order valence-corrected chi connectivity index (χ1v) is 7.96.